The van der Waals surface area contributed by atoms with Gasteiger partial charge in [0.25, 0.3) is 0 Å². The number of benzene rings is 2. The topological polar surface area (TPSA) is 104 Å². The number of likely N-dealkylation sites (tertiary alicyclic amines) is 1. The van der Waals surface area contributed by atoms with Crippen LogP contribution in [0.1, 0.15) is 30.7 Å². The number of nitrogens with one attached hydrogen (secondary N) is 1. The second-order valence-corrected chi connectivity index (χ2v) is 10.1. The summed E-state index contributed by atoms with van der Waals surface area (Å²) >= 11 is 2.80. The van der Waals surface area contributed by atoms with E-state index in [1.807, 2.05) is 53.4 Å². The molecule has 0 radical (unpaired) electrons. The zero-order valence-corrected chi connectivity index (χ0v) is 21.1. The summed E-state index contributed by atoms with van der Waals surface area (Å²) in [6.07, 6.45) is 2.63. The summed E-state index contributed by atoms with van der Waals surface area (Å²) in [4.78, 5) is 24.7. The number of pyridine rings is 1. The van der Waals surface area contributed by atoms with E-state index >= 15 is 0 Å². The molecule has 36 heavy (non-hydrogen) atoms. The zero-order valence-electron chi connectivity index (χ0n) is 19.4. The molecule has 3 heterocycles. The number of para-hydroxylation sites is 1. The lowest BCUT2D eigenvalue weighted by Gasteiger charge is -2.13. The summed E-state index contributed by atoms with van der Waals surface area (Å²) in [5, 5.41) is 12.9. The van der Waals surface area contributed by atoms with Crippen molar-refractivity contribution < 1.29 is 9.53 Å². The Kier molecular flexibility index (Phi) is 7.11. The van der Waals surface area contributed by atoms with Crippen LogP contribution in [-0.2, 0) is 4.79 Å². The Labute approximate surface area is 217 Å². The molecule has 5 rings (SSSR count). The van der Waals surface area contributed by atoms with Gasteiger partial charge in [0, 0.05) is 59.5 Å². The van der Waals surface area contributed by atoms with Crippen molar-refractivity contribution in [2.24, 2.45) is 0 Å². The number of carbonyl (C=O) groups is 1. The van der Waals surface area contributed by atoms with Crippen molar-refractivity contribution in [1.82, 2.24) is 19.2 Å². The molecule has 0 aliphatic carbocycles. The molecular formula is C26H22N6O2S2. The summed E-state index contributed by atoms with van der Waals surface area (Å²) in [6, 6.07) is 21.0. The highest BCUT2D eigenvalue weighted by molar-refractivity contribution is 7.99. The molecule has 2 aromatic carbocycles. The molecule has 1 unspecified atom stereocenters. The molecule has 0 spiro atoms. The van der Waals surface area contributed by atoms with Gasteiger partial charge in [0.05, 0.1) is 11.6 Å². The lowest BCUT2D eigenvalue weighted by atomic mass is 10.1. The van der Waals surface area contributed by atoms with Gasteiger partial charge < -0.3 is 15.0 Å². The number of hydrogen-bond acceptors (Lipinski definition) is 9. The molecule has 1 aliphatic rings. The van der Waals surface area contributed by atoms with E-state index in [1.165, 1.54) is 23.3 Å². The Morgan fingerprint density at radius 3 is 2.72 bits per heavy atom. The molecule has 8 nitrogen and oxygen atoms in total. The average molecular weight is 515 g/mol. The third-order valence-corrected chi connectivity index (χ3v) is 7.30. The molecule has 180 valence electrons. The third-order valence-electron chi connectivity index (χ3n) is 5.68. The van der Waals surface area contributed by atoms with Gasteiger partial charge >= 0.3 is 0 Å². The zero-order chi connectivity index (χ0) is 24.9. The molecule has 2 aromatic heterocycles. The number of ether oxygens (including phenoxy) is 1. The van der Waals surface area contributed by atoms with Gasteiger partial charge in [0.2, 0.25) is 11.0 Å². The van der Waals surface area contributed by atoms with Crippen LogP contribution in [0.25, 0.3) is 0 Å². The molecule has 1 atom stereocenters. The normalized spacial score (nSPS) is 14.9. The maximum atomic E-state index is 11.7. The van der Waals surface area contributed by atoms with Gasteiger partial charge in [-0.25, -0.2) is 9.97 Å². The van der Waals surface area contributed by atoms with Gasteiger partial charge in [-0.3, -0.25) is 4.79 Å². The lowest BCUT2D eigenvalue weighted by Crippen LogP contribution is -2.25. The van der Waals surface area contributed by atoms with Gasteiger partial charge in [0.15, 0.2) is 11.6 Å². The van der Waals surface area contributed by atoms with Crippen LogP contribution in [0.15, 0.2) is 76.7 Å². The minimum atomic E-state index is 0.0805. The maximum absolute atomic E-state index is 11.7. The summed E-state index contributed by atoms with van der Waals surface area (Å²) in [5.41, 5.74) is 0.619. The average Bonchev–Trinajstić information content (AvgIpc) is 3.57. The summed E-state index contributed by atoms with van der Waals surface area (Å²) < 4.78 is 10.7. The predicted molar refractivity (Wildman–Crippen MR) is 139 cm³/mol. The largest absolute Gasteiger partial charge is 0.453 e. The molecule has 10 heteroatoms. The molecule has 4 aromatic rings. The Balaban J connectivity index is 1.37. The second-order valence-electron chi connectivity index (χ2n) is 8.20. The molecule has 1 saturated heterocycles. The van der Waals surface area contributed by atoms with Crippen molar-refractivity contribution in [2.45, 2.75) is 29.1 Å². The first-order valence-electron chi connectivity index (χ1n) is 11.3. The summed E-state index contributed by atoms with van der Waals surface area (Å²) in [7, 11) is 0. The number of nitrogens with zero attached hydrogens (tertiary/aromatic N) is 5. The van der Waals surface area contributed by atoms with Crippen LogP contribution in [0, 0.1) is 11.3 Å². The fourth-order valence-corrected chi connectivity index (χ4v) is 5.28. The molecular weight excluding hydrogens is 492 g/mol. The first kappa shape index (κ1) is 23.8. The van der Waals surface area contributed by atoms with Crippen LogP contribution >= 0.6 is 23.3 Å². The molecule has 0 saturated carbocycles. The summed E-state index contributed by atoms with van der Waals surface area (Å²) in [6.45, 7) is 2.97. The van der Waals surface area contributed by atoms with Gasteiger partial charge in [-0.15, -0.1) is 0 Å². The molecule has 1 N–H and O–H groups in total. The lowest BCUT2D eigenvalue weighted by molar-refractivity contribution is -0.127. The highest BCUT2D eigenvalue weighted by Crippen LogP contribution is 2.37. The van der Waals surface area contributed by atoms with Crippen LogP contribution in [-0.4, -0.2) is 38.2 Å². The molecule has 0 bridgehead atoms. The fraction of sp³-hybridized carbons (Fsp3) is 0.192. The number of anilines is 2. The van der Waals surface area contributed by atoms with Gasteiger partial charge in [-0.2, -0.15) is 9.64 Å². The Morgan fingerprint density at radius 1 is 1.19 bits per heavy atom. The van der Waals surface area contributed by atoms with Gasteiger partial charge in [0.1, 0.15) is 11.6 Å². The Morgan fingerprint density at radius 2 is 2.00 bits per heavy atom. The molecule has 1 aliphatic heterocycles. The monoisotopic (exact) mass is 514 g/mol. The Bertz CT molecular complexity index is 1400. The van der Waals surface area contributed by atoms with E-state index in [0.717, 1.165) is 28.6 Å². The Hall–Kier alpha value is -3.94. The van der Waals surface area contributed by atoms with Crippen molar-refractivity contribution >= 4 is 40.2 Å². The SMILES string of the molecule is CC(=O)N1CCC(c2nsc(Nc3ncc(Sc4ccc(C#N)cc4)cc3Oc3ccccc3)n2)C1. The number of aromatic nitrogens is 3. The van der Waals surface area contributed by atoms with Crippen molar-refractivity contribution in [3.63, 3.8) is 0 Å². The molecule has 1 amide bonds. The van der Waals surface area contributed by atoms with Crippen molar-refractivity contribution in [3.8, 4) is 17.6 Å². The van der Waals surface area contributed by atoms with Gasteiger partial charge in [-0.05, 0) is 42.8 Å². The number of nitriles is 1. The fourth-order valence-electron chi connectivity index (χ4n) is 3.81. The van der Waals surface area contributed by atoms with E-state index < -0.39 is 0 Å². The van der Waals surface area contributed by atoms with E-state index in [1.54, 1.807) is 25.3 Å². The highest BCUT2D eigenvalue weighted by Gasteiger charge is 2.28. The summed E-state index contributed by atoms with van der Waals surface area (Å²) in [5.74, 6) is 2.74. The van der Waals surface area contributed by atoms with E-state index in [0.29, 0.717) is 34.6 Å². The van der Waals surface area contributed by atoms with Crippen LogP contribution in [0.4, 0.5) is 10.9 Å². The highest BCUT2D eigenvalue weighted by atomic mass is 32.2. The quantitative estimate of drug-likeness (QED) is 0.329. The van der Waals surface area contributed by atoms with Crippen LogP contribution in [0.2, 0.25) is 0 Å². The number of amides is 1. The minimum Gasteiger partial charge on any atom is -0.453 e. The number of rotatable bonds is 7. The maximum Gasteiger partial charge on any atom is 0.219 e. The van der Waals surface area contributed by atoms with Gasteiger partial charge in [-0.1, -0.05) is 30.0 Å². The van der Waals surface area contributed by atoms with Crippen LogP contribution in [0.5, 0.6) is 11.5 Å². The van der Waals surface area contributed by atoms with E-state index in [-0.39, 0.29) is 11.8 Å². The second kappa shape index (κ2) is 10.8. The van der Waals surface area contributed by atoms with Crippen molar-refractivity contribution in [2.75, 3.05) is 18.4 Å². The third kappa shape index (κ3) is 5.64. The smallest absolute Gasteiger partial charge is 0.219 e. The van der Waals surface area contributed by atoms with E-state index in [2.05, 4.69) is 25.7 Å². The van der Waals surface area contributed by atoms with Crippen molar-refractivity contribution in [1.29, 1.82) is 5.26 Å². The number of hydrogen-bond donors (Lipinski definition) is 1. The van der Waals surface area contributed by atoms with Crippen LogP contribution in [0.3, 0.4) is 0 Å². The van der Waals surface area contributed by atoms with E-state index in [9.17, 15) is 4.79 Å². The van der Waals surface area contributed by atoms with E-state index in [4.69, 9.17) is 10.00 Å². The first-order chi connectivity index (χ1) is 17.6. The predicted octanol–water partition coefficient (Wildman–Crippen LogP) is 5.83. The first-order valence-corrected chi connectivity index (χ1v) is 12.9. The standard InChI is InChI=1S/C26H22N6O2S2/c1-17(33)32-12-11-19(16-32)24-29-26(36-31-24)30-25-23(34-20-5-3-2-4-6-20)13-22(15-28-25)35-21-9-7-18(14-27)8-10-21/h2-10,13,15,19H,11-12,16H2,1H3,(H,28,29,30,31). The molecule has 1 fully saturated rings. The number of carbonyl (C=O) groups excluding carboxylic acids is 1. The minimum absolute atomic E-state index is 0.0805. The van der Waals surface area contributed by atoms with Crippen LogP contribution < -0.4 is 10.1 Å². The van der Waals surface area contributed by atoms with Crippen molar-refractivity contribution in [3.05, 3.63) is 78.2 Å².